The van der Waals surface area contributed by atoms with E-state index >= 15 is 0 Å². The number of nitro benzene ring substituents is 1. The predicted octanol–water partition coefficient (Wildman–Crippen LogP) is 10.9. The molecule has 1 atom stereocenters. The highest BCUT2D eigenvalue weighted by Crippen LogP contribution is 2.41. The third-order valence-corrected chi connectivity index (χ3v) is 12.2. The van der Waals surface area contributed by atoms with Crippen LogP contribution in [0, 0.1) is 10.1 Å². The topological polar surface area (TPSA) is 227 Å². The Bertz CT molecular complexity index is 2990. The molecular formula is C59H58N6O10. The number of anilines is 3. The van der Waals surface area contributed by atoms with Crippen LogP contribution in [0.5, 0.6) is 11.5 Å². The summed E-state index contributed by atoms with van der Waals surface area (Å²) in [6, 6.07) is 48.7. The number of carboxylic acids is 1. The van der Waals surface area contributed by atoms with Crippen molar-refractivity contribution < 1.29 is 43.5 Å². The van der Waals surface area contributed by atoms with Crippen LogP contribution in [0.4, 0.5) is 22.7 Å². The lowest BCUT2D eigenvalue weighted by Crippen LogP contribution is -2.49. The Morgan fingerprint density at radius 1 is 0.600 bits per heavy atom. The molecule has 6 N–H and O–H groups in total. The minimum Gasteiger partial charge on any atom is -0.489 e. The van der Waals surface area contributed by atoms with E-state index in [1.54, 1.807) is 26.0 Å². The molecular weight excluding hydrogens is 953 g/mol. The summed E-state index contributed by atoms with van der Waals surface area (Å²) in [6.45, 7) is 6.13. The van der Waals surface area contributed by atoms with Gasteiger partial charge in [0.1, 0.15) is 6.04 Å². The molecule has 0 saturated carbocycles. The molecule has 0 aromatic heterocycles. The molecule has 0 aliphatic heterocycles. The molecule has 0 aliphatic carbocycles. The maximum atomic E-state index is 14.3. The summed E-state index contributed by atoms with van der Waals surface area (Å²) in [5, 5.41) is 35.9. The van der Waals surface area contributed by atoms with E-state index in [0.29, 0.717) is 17.8 Å². The minimum atomic E-state index is -1.12. The van der Waals surface area contributed by atoms with Crippen LogP contribution in [0.25, 0.3) is 0 Å². The molecule has 0 heterocycles. The molecule has 4 amide bonds. The largest absolute Gasteiger partial charge is 0.489 e. The summed E-state index contributed by atoms with van der Waals surface area (Å²) >= 11 is 0. The number of nitro groups is 1. The first-order chi connectivity index (χ1) is 36.3. The predicted molar refractivity (Wildman–Crippen MR) is 288 cm³/mol. The molecule has 0 fully saturated rings. The highest BCUT2D eigenvalue weighted by molar-refractivity contribution is 6.10. The van der Waals surface area contributed by atoms with Crippen molar-refractivity contribution in [3.8, 4) is 11.5 Å². The summed E-state index contributed by atoms with van der Waals surface area (Å²) in [5.41, 5.74) is 3.23. The first-order valence-electron chi connectivity index (χ1n) is 24.6. The molecule has 75 heavy (non-hydrogen) atoms. The number of rotatable bonds is 24. The minimum absolute atomic E-state index is 0.0611. The van der Waals surface area contributed by atoms with Crippen LogP contribution in [-0.4, -0.2) is 64.9 Å². The standard InChI is InChI=1S/C59H58N6O10/c1-4-5-15-38-74-52-49(56(68)61-46-30-24-42(25-31-46)58(70)71)34-35-50(53(52)75-39(2)3)63-54(66)40-22-28-47(29-23-40)62-57(69)51(64-55(67)41-26-32-48(33-27-41)65(72)73)36-37-60-59(43-16-9-6-10-17-43,44-18-11-7-12-19-44)45-20-13-8-14-21-45/h6-14,16-35,39,51,60H,4-5,15,36-38H2,1-3H3,(H,61,68)(H,62,69)(H,63,66)(H,64,67)(H,70,71). The van der Waals surface area contributed by atoms with E-state index in [0.717, 1.165) is 29.5 Å². The van der Waals surface area contributed by atoms with Crippen molar-refractivity contribution in [3.05, 3.63) is 225 Å². The van der Waals surface area contributed by atoms with E-state index in [2.05, 4.69) is 33.5 Å². The number of unbranched alkanes of at least 4 members (excludes halogenated alkanes) is 2. The zero-order valence-corrected chi connectivity index (χ0v) is 41.7. The number of hydrogen-bond acceptors (Lipinski definition) is 10. The summed E-state index contributed by atoms with van der Waals surface area (Å²) in [6.07, 6.45) is 2.19. The number of carbonyl (C=O) groups excluding carboxylic acids is 4. The van der Waals surface area contributed by atoms with Gasteiger partial charge in [-0.05, 0) is 123 Å². The summed E-state index contributed by atoms with van der Waals surface area (Å²) in [4.78, 5) is 78.0. The number of nitrogens with one attached hydrogen (secondary N) is 5. The molecule has 7 aromatic rings. The highest BCUT2D eigenvalue weighted by Gasteiger charge is 2.36. The monoisotopic (exact) mass is 1010 g/mol. The average molecular weight is 1010 g/mol. The first kappa shape index (κ1) is 53.6. The van der Waals surface area contributed by atoms with Crippen molar-refractivity contribution in [1.29, 1.82) is 0 Å². The molecule has 0 bridgehead atoms. The van der Waals surface area contributed by atoms with E-state index in [4.69, 9.17) is 9.47 Å². The van der Waals surface area contributed by atoms with Gasteiger partial charge in [0.15, 0.2) is 11.5 Å². The van der Waals surface area contributed by atoms with Gasteiger partial charge in [-0.1, -0.05) is 111 Å². The van der Waals surface area contributed by atoms with E-state index in [1.807, 2.05) is 91.0 Å². The fraction of sp³-hybridized carbons (Fsp3) is 0.203. The van der Waals surface area contributed by atoms with Gasteiger partial charge < -0.3 is 35.8 Å². The summed E-state index contributed by atoms with van der Waals surface area (Å²) < 4.78 is 12.5. The second kappa shape index (κ2) is 25.5. The molecule has 16 heteroatoms. The highest BCUT2D eigenvalue weighted by atomic mass is 16.6. The smallest absolute Gasteiger partial charge is 0.335 e. The Labute approximate surface area is 434 Å². The van der Waals surface area contributed by atoms with E-state index in [-0.39, 0.29) is 64.7 Å². The Kier molecular flexibility index (Phi) is 18.2. The van der Waals surface area contributed by atoms with Gasteiger partial charge in [-0.15, -0.1) is 0 Å². The van der Waals surface area contributed by atoms with Gasteiger partial charge >= 0.3 is 5.97 Å². The maximum absolute atomic E-state index is 14.3. The van der Waals surface area contributed by atoms with Crippen LogP contribution in [0.2, 0.25) is 0 Å². The van der Waals surface area contributed by atoms with Crippen molar-refractivity contribution in [2.24, 2.45) is 0 Å². The third kappa shape index (κ3) is 13.7. The second-order valence-electron chi connectivity index (χ2n) is 17.8. The molecule has 0 radical (unpaired) electrons. The Morgan fingerprint density at radius 3 is 1.64 bits per heavy atom. The molecule has 1 unspecified atom stereocenters. The van der Waals surface area contributed by atoms with Gasteiger partial charge in [-0.3, -0.25) is 34.6 Å². The van der Waals surface area contributed by atoms with Gasteiger partial charge in [-0.2, -0.15) is 0 Å². The van der Waals surface area contributed by atoms with Crippen LogP contribution in [0.3, 0.4) is 0 Å². The number of carboxylic acid groups (broad SMARTS) is 1. The summed E-state index contributed by atoms with van der Waals surface area (Å²) in [7, 11) is 0. The average Bonchev–Trinajstić information content (AvgIpc) is 3.42. The lowest BCUT2D eigenvalue weighted by Gasteiger charge is -2.37. The third-order valence-electron chi connectivity index (χ3n) is 12.2. The van der Waals surface area contributed by atoms with E-state index in [1.165, 1.54) is 72.8 Å². The zero-order valence-electron chi connectivity index (χ0n) is 41.7. The zero-order chi connectivity index (χ0) is 53.3. The fourth-order valence-electron chi connectivity index (χ4n) is 8.41. The molecule has 0 aliphatic rings. The van der Waals surface area contributed by atoms with Crippen molar-refractivity contribution >= 4 is 52.3 Å². The number of aromatic carboxylic acids is 1. The number of amides is 4. The van der Waals surface area contributed by atoms with Gasteiger partial charge in [0.2, 0.25) is 5.91 Å². The molecule has 7 aromatic carbocycles. The van der Waals surface area contributed by atoms with Gasteiger partial charge in [0, 0.05) is 34.6 Å². The summed E-state index contributed by atoms with van der Waals surface area (Å²) in [5.74, 6) is -3.10. The maximum Gasteiger partial charge on any atom is 0.335 e. The Balaban J connectivity index is 1.12. The number of non-ortho nitro benzene ring substituents is 1. The molecule has 0 saturated heterocycles. The number of nitrogens with zero attached hydrogens (tertiary/aromatic N) is 1. The molecule has 16 nitrogen and oxygen atoms in total. The first-order valence-corrected chi connectivity index (χ1v) is 24.6. The van der Waals surface area contributed by atoms with Crippen molar-refractivity contribution in [3.63, 3.8) is 0 Å². The number of benzene rings is 7. The fourth-order valence-corrected chi connectivity index (χ4v) is 8.41. The van der Waals surface area contributed by atoms with Crippen molar-refractivity contribution in [1.82, 2.24) is 10.6 Å². The molecule has 0 spiro atoms. The SMILES string of the molecule is CCCCCOc1c(C(=O)Nc2ccc(C(=O)O)cc2)ccc(NC(=O)c2ccc(NC(=O)C(CCNC(c3ccccc3)(c3ccccc3)c3ccccc3)NC(=O)c3ccc([N+](=O)[O-])cc3)cc2)c1OC(C)C. The Hall–Kier alpha value is -9.15. The quantitative estimate of drug-likeness (QED) is 0.0144. The van der Waals surface area contributed by atoms with Crippen LogP contribution in [0.15, 0.2) is 176 Å². The van der Waals surface area contributed by atoms with E-state index in [9.17, 15) is 39.2 Å². The number of carbonyl (C=O) groups is 5. The van der Waals surface area contributed by atoms with E-state index < -0.39 is 52.2 Å². The molecule has 7 rings (SSSR count). The van der Waals surface area contributed by atoms with Crippen LogP contribution < -0.4 is 36.1 Å². The number of ether oxygens (including phenoxy) is 2. The Morgan fingerprint density at radius 2 is 1.12 bits per heavy atom. The number of hydrogen-bond donors (Lipinski definition) is 6. The van der Waals surface area contributed by atoms with Crippen LogP contribution in [-0.2, 0) is 10.3 Å². The van der Waals surface area contributed by atoms with Gasteiger partial charge in [-0.25, -0.2) is 4.79 Å². The lowest BCUT2D eigenvalue weighted by atomic mass is 9.77. The van der Waals surface area contributed by atoms with Crippen LogP contribution >= 0.6 is 0 Å². The van der Waals surface area contributed by atoms with Crippen molar-refractivity contribution in [2.75, 3.05) is 29.1 Å². The van der Waals surface area contributed by atoms with Crippen molar-refractivity contribution in [2.45, 2.75) is 64.1 Å². The van der Waals surface area contributed by atoms with Gasteiger partial charge in [0.05, 0.1) is 40.0 Å². The second-order valence-corrected chi connectivity index (χ2v) is 17.8. The van der Waals surface area contributed by atoms with Crippen LogP contribution in [0.1, 0.15) is 105 Å². The normalized spacial score (nSPS) is 11.5. The lowest BCUT2D eigenvalue weighted by molar-refractivity contribution is -0.384. The van der Waals surface area contributed by atoms with Gasteiger partial charge in [0.25, 0.3) is 23.4 Å². The molecule has 384 valence electrons.